The third-order valence-electron chi connectivity index (χ3n) is 8.08. The number of ether oxygens (including phenoxy) is 2. The van der Waals surface area contributed by atoms with E-state index in [0.29, 0.717) is 17.5 Å². The summed E-state index contributed by atoms with van der Waals surface area (Å²) in [4.78, 5) is 25.1. The molecule has 2 rings (SSSR count). The Morgan fingerprint density at radius 2 is 1.14 bits per heavy atom. The van der Waals surface area contributed by atoms with Crippen molar-refractivity contribution in [3.05, 3.63) is 108 Å². The van der Waals surface area contributed by atoms with Gasteiger partial charge < -0.3 is 13.9 Å². The van der Waals surface area contributed by atoms with Crippen LogP contribution in [0.4, 0.5) is 0 Å². The summed E-state index contributed by atoms with van der Waals surface area (Å²) < 4.78 is 17.7. The van der Waals surface area contributed by atoms with Gasteiger partial charge in [0.25, 0.3) is 0 Å². The monoisotopic (exact) mass is 618 g/mol. The van der Waals surface area contributed by atoms with E-state index in [1.807, 2.05) is 79.8 Å². The summed E-state index contributed by atoms with van der Waals surface area (Å²) in [5.41, 5.74) is 1.10. The standard InChI is InChI=1S/C38H54O5Si/c1-7-34(42-36(39)32-24-16-14-17-25-32)28-20-11-12-22-30-35(43-37(40)33-26-18-15-19-27-33)29-21-10-8-9-13-23-31-41-44(5,6)38(2,3)4/h11-12,14-20,22,24-28,30,34-35H,7-10,13,21,23,29,31H2,1-6H3/b12-11-,28-20-,30-22-. The van der Waals surface area contributed by atoms with Crippen LogP contribution in [0.15, 0.2) is 97.1 Å². The minimum Gasteiger partial charge on any atom is -0.455 e. The largest absolute Gasteiger partial charge is 0.455 e. The zero-order chi connectivity index (χ0) is 32.3. The number of carbonyl (C=O) groups is 2. The molecule has 0 radical (unpaired) electrons. The van der Waals surface area contributed by atoms with Crippen molar-refractivity contribution >= 4 is 20.3 Å². The molecule has 0 aliphatic carbocycles. The minimum absolute atomic E-state index is 0.256. The Morgan fingerprint density at radius 1 is 0.682 bits per heavy atom. The summed E-state index contributed by atoms with van der Waals surface area (Å²) in [7, 11) is -1.65. The molecule has 2 unspecified atom stereocenters. The van der Waals surface area contributed by atoms with Crippen LogP contribution in [0.1, 0.15) is 99.8 Å². The smallest absolute Gasteiger partial charge is 0.338 e. The van der Waals surface area contributed by atoms with Crippen LogP contribution >= 0.6 is 0 Å². The minimum atomic E-state index is -1.65. The first-order valence-corrected chi connectivity index (χ1v) is 19.1. The molecule has 0 heterocycles. The highest BCUT2D eigenvalue weighted by Crippen LogP contribution is 2.36. The van der Waals surface area contributed by atoms with Crippen molar-refractivity contribution in [2.24, 2.45) is 0 Å². The van der Waals surface area contributed by atoms with Gasteiger partial charge in [-0.1, -0.05) is 114 Å². The zero-order valence-corrected chi connectivity index (χ0v) is 28.8. The van der Waals surface area contributed by atoms with Gasteiger partial charge in [0.15, 0.2) is 8.32 Å². The lowest BCUT2D eigenvalue weighted by Gasteiger charge is -2.36. The number of unbranched alkanes of at least 4 members (excludes halogenated alkanes) is 5. The third kappa shape index (κ3) is 14.5. The molecule has 2 aromatic carbocycles. The van der Waals surface area contributed by atoms with Crippen molar-refractivity contribution in [1.82, 2.24) is 0 Å². The highest BCUT2D eigenvalue weighted by atomic mass is 28.4. The second kappa shape index (κ2) is 19.9. The van der Waals surface area contributed by atoms with Crippen LogP contribution in [0.3, 0.4) is 0 Å². The van der Waals surface area contributed by atoms with Crippen molar-refractivity contribution in [2.75, 3.05) is 6.61 Å². The van der Waals surface area contributed by atoms with E-state index in [4.69, 9.17) is 13.9 Å². The van der Waals surface area contributed by atoms with Gasteiger partial charge in [-0.25, -0.2) is 9.59 Å². The third-order valence-corrected chi connectivity index (χ3v) is 12.6. The molecular weight excluding hydrogens is 564 g/mol. The van der Waals surface area contributed by atoms with E-state index in [9.17, 15) is 9.59 Å². The predicted molar refractivity (Wildman–Crippen MR) is 184 cm³/mol. The molecule has 44 heavy (non-hydrogen) atoms. The summed E-state index contributed by atoms with van der Waals surface area (Å²) in [5, 5.41) is 0.256. The lowest BCUT2D eigenvalue weighted by atomic mass is 10.1. The molecule has 0 fully saturated rings. The summed E-state index contributed by atoms with van der Waals surface area (Å²) in [6.45, 7) is 14.3. The van der Waals surface area contributed by atoms with Crippen molar-refractivity contribution in [2.45, 2.75) is 109 Å². The van der Waals surface area contributed by atoms with Crippen LogP contribution in [0.5, 0.6) is 0 Å². The molecule has 5 nitrogen and oxygen atoms in total. The lowest BCUT2D eigenvalue weighted by molar-refractivity contribution is 0.0370. The molecule has 0 amide bonds. The van der Waals surface area contributed by atoms with E-state index < -0.39 is 8.32 Å². The first kappa shape index (κ1) is 37.0. The average molecular weight is 619 g/mol. The van der Waals surface area contributed by atoms with E-state index in [0.717, 1.165) is 32.3 Å². The Hall–Kier alpha value is -3.22. The second-order valence-corrected chi connectivity index (χ2v) is 17.5. The molecule has 0 aliphatic heterocycles. The van der Waals surface area contributed by atoms with Crippen LogP contribution in [0.25, 0.3) is 0 Å². The summed E-state index contributed by atoms with van der Waals surface area (Å²) in [6, 6.07) is 18.1. The highest BCUT2D eigenvalue weighted by molar-refractivity contribution is 6.74. The highest BCUT2D eigenvalue weighted by Gasteiger charge is 2.36. The van der Waals surface area contributed by atoms with Gasteiger partial charge >= 0.3 is 11.9 Å². The fourth-order valence-electron chi connectivity index (χ4n) is 4.22. The van der Waals surface area contributed by atoms with E-state index in [1.165, 1.54) is 19.3 Å². The van der Waals surface area contributed by atoms with Gasteiger partial charge in [-0.15, -0.1) is 0 Å². The SMILES string of the molecule is CCC(\C=C/C=C\C=C/C(CCCCCCCCO[Si](C)(C)C(C)(C)C)OC(=O)c1ccccc1)OC(=O)c1ccccc1. The van der Waals surface area contributed by atoms with Crippen LogP contribution < -0.4 is 0 Å². The van der Waals surface area contributed by atoms with Gasteiger partial charge in [0.05, 0.1) is 11.1 Å². The fourth-order valence-corrected chi connectivity index (χ4v) is 5.30. The van der Waals surface area contributed by atoms with Crippen LogP contribution in [0.2, 0.25) is 18.1 Å². The predicted octanol–water partition coefficient (Wildman–Crippen LogP) is 10.3. The van der Waals surface area contributed by atoms with Gasteiger partial charge in [0, 0.05) is 6.61 Å². The molecule has 0 N–H and O–H groups in total. The number of carbonyl (C=O) groups excluding carboxylic acids is 2. The number of benzene rings is 2. The van der Waals surface area contributed by atoms with Crippen LogP contribution in [-0.2, 0) is 13.9 Å². The molecule has 6 heteroatoms. The zero-order valence-electron chi connectivity index (χ0n) is 27.8. The van der Waals surface area contributed by atoms with E-state index in [1.54, 1.807) is 24.3 Å². The Kier molecular flexibility index (Phi) is 16.7. The van der Waals surface area contributed by atoms with Gasteiger partial charge in [-0.3, -0.25) is 0 Å². The van der Waals surface area contributed by atoms with Crippen molar-refractivity contribution in [1.29, 1.82) is 0 Å². The van der Waals surface area contributed by atoms with Gasteiger partial charge in [-0.05, 0) is 80.2 Å². The maximum atomic E-state index is 12.7. The van der Waals surface area contributed by atoms with E-state index in [-0.39, 0.29) is 29.2 Å². The summed E-state index contributed by atoms with van der Waals surface area (Å²) in [5.74, 6) is -0.637. The molecular formula is C38H54O5Si. The molecule has 240 valence electrons. The van der Waals surface area contributed by atoms with Gasteiger partial charge in [-0.2, -0.15) is 0 Å². The molecule has 0 spiro atoms. The van der Waals surface area contributed by atoms with Gasteiger partial charge in [0.1, 0.15) is 12.2 Å². The first-order chi connectivity index (χ1) is 21.0. The number of esters is 2. The first-order valence-electron chi connectivity index (χ1n) is 16.2. The molecule has 0 bridgehead atoms. The quantitative estimate of drug-likeness (QED) is 0.0678. The molecule has 2 aromatic rings. The normalized spacial score (nSPS) is 13.9. The number of hydrogen-bond donors (Lipinski definition) is 0. The van der Waals surface area contributed by atoms with Crippen molar-refractivity contribution in [3.63, 3.8) is 0 Å². The van der Waals surface area contributed by atoms with E-state index >= 15 is 0 Å². The Morgan fingerprint density at radius 3 is 1.64 bits per heavy atom. The van der Waals surface area contributed by atoms with Crippen molar-refractivity contribution in [3.8, 4) is 0 Å². The van der Waals surface area contributed by atoms with Gasteiger partial charge in [0.2, 0.25) is 0 Å². The summed E-state index contributed by atoms with van der Waals surface area (Å²) in [6.07, 6.45) is 19.0. The average Bonchev–Trinajstić information content (AvgIpc) is 3.01. The lowest BCUT2D eigenvalue weighted by Crippen LogP contribution is -2.40. The van der Waals surface area contributed by atoms with Crippen LogP contribution in [0, 0.1) is 0 Å². The maximum absolute atomic E-state index is 12.7. The van der Waals surface area contributed by atoms with Crippen molar-refractivity contribution < 1.29 is 23.5 Å². The Bertz CT molecular complexity index is 1180. The van der Waals surface area contributed by atoms with Crippen LogP contribution in [-0.4, -0.2) is 39.1 Å². The number of rotatable bonds is 19. The molecule has 0 aliphatic rings. The topological polar surface area (TPSA) is 61.8 Å². The Labute approximate surface area is 267 Å². The Balaban J connectivity index is 1.80. The molecule has 0 saturated carbocycles. The summed E-state index contributed by atoms with van der Waals surface area (Å²) >= 11 is 0. The second-order valence-electron chi connectivity index (χ2n) is 12.7. The van der Waals surface area contributed by atoms with E-state index in [2.05, 4.69) is 33.9 Å². The fraction of sp³-hybridized carbons (Fsp3) is 0.474. The maximum Gasteiger partial charge on any atom is 0.338 e. The number of hydrogen-bond acceptors (Lipinski definition) is 5. The molecule has 2 atom stereocenters. The molecule has 0 saturated heterocycles. The number of allylic oxidation sites excluding steroid dienone is 4. The molecule has 0 aromatic heterocycles.